The molecule has 0 amide bonds. The molecular formula is C6H7F3O3. The Bertz CT molecular complexity index is 171. The molecule has 1 atom stereocenters. The standard InChI is InChI=1S/C6H7F3O3/c7-6(8,9)5(10)12-4-2-1-3-11-4/h4H,1-3H2. The normalized spacial score (nSPS) is 24.1. The lowest BCUT2D eigenvalue weighted by Gasteiger charge is -2.11. The lowest BCUT2D eigenvalue weighted by Crippen LogP contribution is -2.29. The van der Waals surface area contributed by atoms with E-state index in [1.807, 2.05) is 0 Å². The van der Waals surface area contributed by atoms with Gasteiger partial charge in [0.15, 0.2) is 0 Å². The van der Waals surface area contributed by atoms with Gasteiger partial charge in [-0.05, 0) is 6.42 Å². The second-order valence-corrected chi connectivity index (χ2v) is 2.35. The van der Waals surface area contributed by atoms with Crippen LogP contribution in [-0.4, -0.2) is 25.0 Å². The Balaban J connectivity index is 2.35. The lowest BCUT2D eigenvalue weighted by molar-refractivity contribution is -0.220. The molecule has 1 aliphatic heterocycles. The molecule has 1 saturated heterocycles. The third-order valence-electron chi connectivity index (χ3n) is 1.36. The van der Waals surface area contributed by atoms with Crippen LogP contribution in [-0.2, 0) is 14.3 Å². The molecule has 0 N–H and O–H groups in total. The van der Waals surface area contributed by atoms with Crippen LogP contribution in [0.2, 0.25) is 0 Å². The third kappa shape index (κ3) is 2.37. The highest BCUT2D eigenvalue weighted by Gasteiger charge is 2.42. The van der Waals surface area contributed by atoms with Crippen LogP contribution in [0.25, 0.3) is 0 Å². The van der Waals surface area contributed by atoms with Crippen LogP contribution >= 0.6 is 0 Å². The molecule has 0 aromatic rings. The topological polar surface area (TPSA) is 35.5 Å². The van der Waals surface area contributed by atoms with E-state index in [9.17, 15) is 18.0 Å². The summed E-state index contributed by atoms with van der Waals surface area (Å²) in [4.78, 5) is 10.2. The number of rotatable bonds is 1. The minimum Gasteiger partial charge on any atom is -0.429 e. The average molecular weight is 184 g/mol. The first-order valence-corrected chi connectivity index (χ1v) is 3.39. The number of esters is 1. The first-order chi connectivity index (χ1) is 5.50. The first-order valence-electron chi connectivity index (χ1n) is 3.39. The van der Waals surface area contributed by atoms with Gasteiger partial charge < -0.3 is 9.47 Å². The van der Waals surface area contributed by atoms with Gasteiger partial charge in [0.05, 0.1) is 6.61 Å². The molecule has 0 radical (unpaired) electrons. The van der Waals surface area contributed by atoms with Gasteiger partial charge in [0.2, 0.25) is 6.29 Å². The summed E-state index contributed by atoms with van der Waals surface area (Å²) in [7, 11) is 0. The van der Waals surface area contributed by atoms with E-state index in [4.69, 9.17) is 0 Å². The molecule has 12 heavy (non-hydrogen) atoms. The van der Waals surface area contributed by atoms with Gasteiger partial charge in [0.1, 0.15) is 0 Å². The monoisotopic (exact) mass is 184 g/mol. The second-order valence-electron chi connectivity index (χ2n) is 2.35. The Hall–Kier alpha value is -0.780. The summed E-state index contributed by atoms with van der Waals surface area (Å²) in [6, 6.07) is 0. The minimum absolute atomic E-state index is 0.335. The Morgan fingerprint density at radius 1 is 1.50 bits per heavy atom. The van der Waals surface area contributed by atoms with Crippen molar-refractivity contribution in [3.8, 4) is 0 Å². The fraction of sp³-hybridized carbons (Fsp3) is 0.833. The van der Waals surface area contributed by atoms with Crippen molar-refractivity contribution in [1.82, 2.24) is 0 Å². The van der Waals surface area contributed by atoms with E-state index in [-0.39, 0.29) is 0 Å². The van der Waals surface area contributed by atoms with Crippen LogP contribution < -0.4 is 0 Å². The number of alkyl halides is 3. The molecule has 1 heterocycles. The summed E-state index contributed by atoms with van der Waals surface area (Å²) in [6.07, 6.45) is -4.98. The molecule has 3 nitrogen and oxygen atoms in total. The van der Waals surface area contributed by atoms with Crippen LogP contribution in [0, 0.1) is 0 Å². The SMILES string of the molecule is O=C(OC1CCCO1)C(F)(F)F. The zero-order chi connectivity index (χ0) is 9.19. The Morgan fingerprint density at radius 2 is 2.17 bits per heavy atom. The molecule has 1 aliphatic rings. The molecule has 1 rings (SSSR count). The van der Waals surface area contributed by atoms with Crippen molar-refractivity contribution < 1.29 is 27.4 Å². The van der Waals surface area contributed by atoms with Crippen molar-refractivity contribution >= 4 is 5.97 Å². The van der Waals surface area contributed by atoms with Crippen LogP contribution in [0.3, 0.4) is 0 Å². The fourth-order valence-corrected chi connectivity index (χ4v) is 0.827. The van der Waals surface area contributed by atoms with Crippen molar-refractivity contribution in [1.29, 1.82) is 0 Å². The van der Waals surface area contributed by atoms with E-state index in [1.165, 1.54) is 0 Å². The Labute approximate surface area is 66.4 Å². The smallest absolute Gasteiger partial charge is 0.429 e. The van der Waals surface area contributed by atoms with Crippen LogP contribution in [0.4, 0.5) is 13.2 Å². The summed E-state index contributed by atoms with van der Waals surface area (Å²) in [6.45, 7) is 0.343. The molecule has 0 saturated carbocycles. The first kappa shape index (κ1) is 9.31. The minimum atomic E-state index is -4.92. The number of halogens is 3. The van der Waals surface area contributed by atoms with E-state index in [1.54, 1.807) is 0 Å². The average Bonchev–Trinajstić information content (AvgIpc) is 2.37. The van der Waals surface area contributed by atoms with Crippen molar-refractivity contribution in [2.45, 2.75) is 25.3 Å². The molecule has 0 bridgehead atoms. The number of carbonyl (C=O) groups excluding carboxylic acids is 1. The Morgan fingerprint density at radius 3 is 2.58 bits per heavy atom. The van der Waals surface area contributed by atoms with Gasteiger partial charge >= 0.3 is 12.1 Å². The maximum atomic E-state index is 11.6. The maximum Gasteiger partial charge on any atom is 0.491 e. The van der Waals surface area contributed by atoms with E-state index in [0.29, 0.717) is 19.4 Å². The lowest BCUT2D eigenvalue weighted by atomic mass is 10.4. The van der Waals surface area contributed by atoms with Gasteiger partial charge in [-0.2, -0.15) is 13.2 Å². The van der Waals surface area contributed by atoms with E-state index in [0.717, 1.165) is 0 Å². The van der Waals surface area contributed by atoms with Gasteiger partial charge in [0, 0.05) is 6.42 Å². The van der Waals surface area contributed by atoms with Gasteiger partial charge in [-0.1, -0.05) is 0 Å². The van der Waals surface area contributed by atoms with E-state index < -0.39 is 18.4 Å². The number of carbonyl (C=O) groups is 1. The summed E-state index contributed by atoms with van der Waals surface area (Å²) < 4.78 is 43.4. The van der Waals surface area contributed by atoms with Gasteiger partial charge in [-0.3, -0.25) is 0 Å². The third-order valence-corrected chi connectivity index (χ3v) is 1.36. The van der Waals surface area contributed by atoms with Crippen LogP contribution in [0.15, 0.2) is 0 Å². The maximum absolute atomic E-state index is 11.6. The number of ether oxygens (including phenoxy) is 2. The molecule has 6 heteroatoms. The van der Waals surface area contributed by atoms with E-state index >= 15 is 0 Å². The van der Waals surface area contributed by atoms with Gasteiger partial charge in [-0.15, -0.1) is 0 Å². The molecular weight excluding hydrogens is 177 g/mol. The molecule has 1 fully saturated rings. The molecule has 0 aromatic heterocycles. The fourth-order valence-electron chi connectivity index (χ4n) is 0.827. The molecule has 0 aromatic carbocycles. The van der Waals surface area contributed by atoms with Gasteiger partial charge in [-0.25, -0.2) is 4.79 Å². The highest BCUT2D eigenvalue weighted by molar-refractivity contribution is 5.75. The molecule has 70 valence electrons. The van der Waals surface area contributed by atoms with Crippen molar-refractivity contribution in [2.75, 3.05) is 6.61 Å². The van der Waals surface area contributed by atoms with Crippen LogP contribution in [0.1, 0.15) is 12.8 Å². The van der Waals surface area contributed by atoms with E-state index in [2.05, 4.69) is 9.47 Å². The van der Waals surface area contributed by atoms with Crippen molar-refractivity contribution in [3.63, 3.8) is 0 Å². The predicted octanol–water partition coefficient (Wildman–Crippen LogP) is 1.23. The summed E-state index contributed by atoms with van der Waals surface area (Å²) in [5.41, 5.74) is 0. The largest absolute Gasteiger partial charge is 0.491 e. The Kier molecular flexibility index (Phi) is 2.56. The predicted molar refractivity (Wildman–Crippen MR) is 31.1 cm³/mol. The molecule has 0 aliphatic carbocycles. The number of hydrogen-bond donors (Lipinski definition) is 0. The molecule has 1 unspecified atom stereocenters. The second kappa shape index (κ2) is 3.30. The summed E-state index contributed by atoms with van der Waals surface area (Å²) >= 11 is 0. The van der Waals surface area contributed by atoms with Crippen molar-refractivity contribution in [2.24, 2.45) is 0 Å². The number of hydrogen-bond acceptors (Lipinski definition) is 3. The quantitative estimate of drug-likeness (QED) is 0.575. The van der Waals surface area contributed by atoms with Crippen molar-refractivity contribution in [3.05, 3.63) is 0 Å². The molecule has 0 spiro atoms. The zero-order valence-corrected chi connectivity index (χ0v) is 6.06. The zero-order valence-electron chi connectivity index (χ0n) is 6.06. The summed E-state index contributed by atoms with van der Waals surface area (Å²) in [5, 5.41) is 0. The summed E-state index contributed by atoms with van der Waals surface area (Å²) in [5.74, 6) is -2.19. The highest BCUT2D eigenvalue weighted by Crippen LogP contribution is 2.21. The highest BCUT2D eigenvalue weighted by atomic mass is 19.4. The van der Waals surface area contributed by atoms with Gasteiger partial charge in [0.25, 0.3) is 0 Å². The van der Waals surface area contributed by atoms with Crippen LogP contribution in [0.5, 0.6) is 0 Å².